The predicted molar refractivity (Wildman–Crippen MR) is 104 cm³/mol. The number of hydrogen-bond acceptors (Lipinski definition) is 4. The molecule has 1 heterocycles. The highest BCUT2D eigenvalue weighted by atomic mass is 16.5. The van der Waals surface area contributed by atoms with Crippen LogP contribution in [0.25, 0.3) is 5.69 Å². The van der Waals surface area contributed by atoms with Gasteiger partial charge in [-0.15, -0.1) is 0 Å². The molecular weight excluding hydrogens is 348 g/mol. The number of nitrogens with one attached hydrogen (secondary N) is 2. The third-order valence-corrected chi connectivity index (χ3v) is 4.05. The van der Waals surface area contributed by atoms with Crippen molar-refractivity contribution < 1.29 is 14.6 Å². The van der Waals surface area contributed by atoms with Crippen LogP contribution in [0.1, 0.15) is 19.5 Å². The van der Waals surface area contributed by atoms with Gasteiger partial charge < -0.3 is 20.5 Å². The van der Waals surface area contributed by atoms with Gasteiger partial charge in [0.2, 0.25) is 0 Å². The molecule has 1 aromatic heterocycles. The first-order chi connectivity index (χ1) is 12.8. The van der Waals surface area contributed by atoms with E-state index in [9.17, 15) is 14.7 Å². The van der Waals surface area contributed by atoms with Crippen LogP contribution in [0.15, 0.2) is 35.1 Å². The van der Waals surface area contributed by atoms with Crippen LogP contribution in [0.5, 0.6) is 0 Å². The molecule has 0 aliphatic heterocycles. The highest BCUT2D eigenvalue weighted by Gasteiger charge is 2.18. The number of aromatic nitrogens is 2. The number of benzene rings is 1. The zero-order valence-corrected chi connectivity index (χ0v) is 16.2. The van der Waals surface area contributed by atoms with Gasteiger partial charge >= 0.3 is 6.03 Å². The van der Waals surface area contributed by atoms with Crippen LogP contribution in [-0.4, -0.2) is 46.4 Å². The normalized spacial score (nSPS) is 12.2. The van der Waals surface area contributed by atoms with Crippen LogP contribution in [0.3, 0.4) is 0 Å². The molecule has 0 fully saturated rings. The van der Waals surface area contributed by atoms with E-state index in [0.717, 1.165) is 0 Å². The van der Waals surface area contributed by atoms with E-state index in [1.165, 1.54) is 4.68 Å². The maximum Gasteiger partial charge on any atom is 0.319 e. The van der Waals surface area contributed by atoms with Crippen molar-refractivity contribution in [3.63, 3.8) is 0 Å². The first kappa shape index (κ1) is 20.7. The lowest BCUT2D eigenvalue weighted by molar-refractivity contribution is 0.0274. The molecule has 0 bridgehead atoms. The first-order valence-electron chi connectivity index (χ1n) is 8.96. The Balaban J connectivity index is 1.99. The summed E-state index contributed by atoms with van der Waals surface area (Å²) in [6, 6.07) is 8.63. The summed E-state index contributed by atoms with van der Waals surface area (Å²) in [5.74, 6) is 0.376. The largest absolute Gasteiger partial charge is 0.389 e. The number of carbonyl (C=O) groups excluding carboxylic acids is 1. The average Bonchev–Trinajstić information content (AvgIpc) is 2.84. The van der Waals surface area contributed by atoms with E-state index in [1.54, 1.807) is 18.7 Å². The lowest BCUT2D eigenvalue weighted by Gasteiger charge is -2.13. The number of rotatable bonds is 8. The minimum absolute atomic E-state index is 0.0304. The van der Waals surface area contributed by atoms with E-state index in [4.69, 9.17) is 4.74 Å². The third-order valence-electron chi connectivity index (χ3n) is 4.05. The molecule has 2 rings (SSSR count). The van der Waals surface area contributed by atoms with Gasteiger partial charge in [-0.25, -0.2) is 9.48 Å². The number of aliphatic hydroxyl groups excluding tert-OH is 1. The number of anilines is 1. The van der Waals surface area contributed by atoms with Crippen LogP contribution < -0.4 is 16.2 Å². The number of urea groups is 1. The van der Waals surface area contributed by atoms with Gasteiger partial charge in [-0.1, -0.05) is 32.0 Å². The second kappa shape index (κ2) is 9.38. The minimum Gasteiger partial charge on any atom is -0.389 e. The molecule has 1 atom stereocenters. The second-order valence-corrected chi connectivity index (χ2v) is 6.86. The van der Waals surface area contributed by atoms with Crippen molar-refractivity contribution in [2.45, 2.75) is 26.9 Å². The van der Waals surface area contributed by atoms with Crippen molar-refractivity contribution in [3.8, 4) is 5.69 Å². The summed E-state index contributed by atoms with van der Waals surface area (Å²) in [5.41, 5.74) is 1.21. The lowest BCUT2D eigenvalue weighted by Crippen LogP contribution is -2.38. The monoisotopic (exact) mass is 376 g/mol. The third kappa shape index (κ3) is 5.45. The Morgan fingerprint density at radius 2 is 1.89 bits per heavy atom. The summed E-state index contributed by atoms with van der Waals surface area (Å²) in [6.07, 6.45) is -0.813. The first-order valence-corrected chi connectivity index (χ1v) is 8.96. The zero-order valence-electron chi connectivity index (χ0n) is 16.2. The van der Waals surface area contributed by atoms with Gasteiger partial charge in [0, 0.05) is 20.2 Å². The van der Waals surface area contributed by atoms with Crippen LogP contribution >= 0.6 is 0 Å². The number of aliphatic hydroxyl groups is 1. The summed E-state index contributed by atoms with van der Waals surface area (Å²) in [6.45, 7) is 6.51. The van der Waals surface area contributed by atoms with Gasteiger partial charge in [-0.05, 0) is 25.0 Å². The Kier molecular flexibility index (Phi) is 7.20. The number of carbonyl (C=O) groups is 1. The highest BCUT2D eigenvalue weighted by Crippen LogP contribution is 2.13. The smallest absolute Gasteiger partial charge is 0.319 e. The predicted octanol–water partition coefficient (Wildman–Crippen LogP) is 1.64. The van der Waals surface area contributed by atoms with Crippen LogP contribution in [0.2, 0.25) is 0 Å². The maximum absolute atomic E-state index is 12.7. The summed E-state index contributed by atoms with van der Waals surface area (Å²) in [4.78, 5) is 24.8. The van der Waals surface area contributed by atoms with E-state index in [0.29, 0.717) is 23.9 Å². The lowest BCUT2D eigenvalue weighted by atomic mass is 10.2. The van der Waals surface area contributed by atoms with Crippen molar-refractivity contribution >= 4 is 11.7 Å². The van der Waals surface area contributed by atoms with Crippen molar-refractivity contribution in [3.05, 3.63) is 46.4 Å². The molecule has 0 radical (unpaired) electrons. The van der Waals surface area contributed by atoms with Gasteiger partial charge in [-0.3, -0.25) is 9.48 Å². The van der Waals surface area contributed by atoms with Gasteiger partial charge in [0.05, 0.1) is 24.1 Å². The molecule has 0 aliphatic rings. The second-order valence-electron chi connectivity index (χ2n) is 6.86. The fraction of sp³-hybridized carbons (Fsp3) is 0.474. The fourth-order valence-electron chi connectivity index (χ4n) is 2.58. The molecule has 148 valence electrons. The summed E-state index contributed by atoms with van der Waals surface area (Å²) in [7, 11) is 1.75. The van der Waals surface area contributed by atoms with Crippen molar-refractivity contribution in [2.24, 2.45) is 13.0 Å². The molecule has 0 saturated carbocycles. The maximum atomic E-state index is 12.7. The Morgan fingerprint density at radius 1 is 1.22 bits per heavy atom. The molecule has 8 heteroatoms. The number of para-hydroxylation sites is 1. The highest BCUT2D eigenvalue weighted by molar-refractivity contribution is 5.89. The van der Waals surface area contributed by atoms with Crippen LogP contribution in [-0.2, 0) is 11.8 Å². The molecule has 2 amide bonds. The summed E-state index contributed by atoms with van der Waals surface area (Å²) < 4.78 is 8.50. The summed E-state index contributed by atoms with van der Waals surface area (Å²) in [5, 5.41) is 15.0. The van der Waals surface area contributed by atoms with E-state index >= 15 is 0 Å². The average molecular weight is 376 g/mol. The SMILES string of the molecule is Cc1c(NC(=O)NCC(O)COCC(C)C)c(=O)n(-c2ccccc2)n1C. The minimum atomic E-state index is -0.813. The topological polar surface area (TPSA) is 97.5 Å². The van der Waals surface area contributed by atoms with Crippen molar-refractivity contribution in [1.29, 1.82) is 0 Å². The number of hydrogen-bond donors (Lipinski definition) is 3. The Labute approximate surface area is 158 Å². The molecule has 3 N–H and O–H groups in total. The standard InChI is InChI=1S/C19H28N4O4/c1-13(2)11-27-12-16(24)10-20-19(26)21-17-14(3)22(4)23(18(17)25)15-8-6-5-7-9-15/h5-9,13,16,24H,10-12H2,1-4H3,(H2,20,21,26). The number of ether oxygens (including phenoxy) is 1. The molecule has 1 aromatic carbocycles. The fourth-order valence-corrected chi connectivity index (χ4v) is 2.58. The van der Waals surface area contributed by atoms with E-state index in [2.05, 4.69) is 10.6 Å². The van der Waals surface area contributed by atoms with E-state index in [1.807, 2.05) is 44.2 Å². The van der Waals surface area contributed by atoms with Crippen molar-refractivity contribution in [2.75, 3.05) is 25.1 Å². The van der Waals surface area contributed by atoms with Gasteiger partial charge in [0.15, 0.2) is 0 Å². The molecule has 0 saturated heterocycles. The molecule has 0 spiro atoms. The number of amides is 2. The van der Waals surface area contributed by atoms with E-state index < -0.39 is 12.1 Å². The Bertz CT molecular complexity index is 811. The summed E-state index contributed by atoms with van der Waals surface area (Å²) >= 11 is 0. The molecule has 2 aromatic rings. The zero-order chi connectivity index (χ0) is 20.0. The van der Waals surface area contributed by atoms with Crippen LogP contribution in [0, 0.1) is 12.8 Å². The quantitative estimate of drug-likeness (QED) is 0.652. The Hall–Kier alpha value is -2.58. The molecule has 27 heavy (non-hydrogen) atoms. The molecule has 1 unspecified atom stereocenters. The van der Waals surface area contributed by atoms with E-state index in [-0.39, 0.29) is 24.4 Å². The molecule has 8 nitrogen and oxygen atoms in total. The van der Waals surface area contributed by atoms with Gasteiger partial charge in [-0.2, -0.15) is 0 Å². The number of nitrogens with zero attached hydrogens (tertiary/aromatic N) is 2. The molecule has 0 aliphatic carbocycles. The van der Waals surface area contributed by atoms with Gasteiger partial charge in [0.1, 0.15) is 5.69 Å². The van der Waals surface area contributed by atoms with Crippen molar-refractivity contribution in [1.82, 2.24) is 14.7 Å². The van der Waals surface area contributed by atoms with Gasteiger partial charge in [0.25, 0.3) is 5.56 Å². The van der Waals surface area contributed by atoms with Crippen LogP contribution in [0.4, 0.5) is 10.5 Å². The molecular formula is C19H28N4O4. The Morgan fingerprint density at radius 3 is 2.52 bits per heavy atom.